The second kappa shape index (κ2) is 10.2. The lowest BCUT2D eigenvalue weighted by Crippen LogP contribution is -2.45. The third-order valence-electron chi connectivity index (χ3n) is 5.74. The molecule has 154 valence electrons. The Kier molecular flexibility index (Phi) is 7.38. The second-order valence-corrected chi connectivity index (χ2v) is 7.67. The molecule has 29 heavy (non-hydrogen) atoms. The molecule has 2 aromatic rings. The van der Waals surface area contributed by atoms with Crippen LogP contribution in [0.25, 0.3) is 0 Å². The van der Waals surface area contributed by atoms with Gasteiger partial charge in [-0.3, -0.25) is 4.90 Å². The first-order valence-electron chi connectivity index (χ1n) is 10.2. The molecule has 4 N–H and O–H groups in total. The highest BCUT2D eigenvalue weighted by Gasteiger charge is 2.30. The van der Waals surface area contributed by atoms with Crippen molar-refractivity contribution >= 4 is 11.7 Å². The molecule has 0 aromatic heterocycles. The number of aliphatic hydroxyl groups excluding tert-OH is 1. The van der Waals surface area contributed by atoms with E-state index in [2.05, 4.69) is 22.5 Å². The van der Waals surface area contributed by atoms with Crippen LogP contribution in [0.2, 0.25) is 0 Å². The Hall–Kier alpha value is -2.70. The molecule has 0 radical (unpaired) electrons. The maximum atomic E-state index is 11.2. The molecule has 0 aliphatic carbocycles. The van der Waals surface area contributed by atoms with E-state index in [1.54, 1.807) is 0 Å². The number of rotatable bonds is 7. The van der Waals surface area contributed by atoms with Gasteiger partial charge in [0.25, 0.3) is 0 Å². The van der Waals surface area contributed by atoms with Gasteiger partial charge in [0.1, 0.15) is 0 Å². The number of hydrogen-bond acceptors (Lipinski definition) is 4. The molecule has 2 aromatic carbocycles. The Morgan fingerprint density at radius 3 is 2.41 bits per heavy atom. The van der Waals surface area contributed by atoms with Gasteiger partial charge >= 0.3 is 6.03 Å². The number of nitrogens with two attached hydrogens (primary N) is 1. The number of hydrazone groups is 1. The molecule has 0 spiro atoms. The summed E-state index contributed by atoms with van der Waals surface area (Å²) in [5, 5.41) is 14.9. The Morgan fingerprint density at radius 1 is 1.14 bits per heavy atom. The number of piperidine rings is 1. The smallest absolute Gasteiger partial charge is 0.332 e. The van der Waals surface area contributed by atoms with Gasteiger partial charge in [-0.2, -0.15) is 5.10 Å². The highest BCUT2D eigenvalue weighted by Crippen LogP contribution is 2.30. The van der Waals surface area contributed by atoms with Crippen molar-refractivity contribution < 1.29 is 9.90 Å². The molecule has 0 bridgehead atoms. The SMILES string of the molecule is CN1C(C/C(=N/NC(N)=O)c2ccccc2)CCCC1CC(O)c1ccccc1. The topological polar surface area (TPSA) is 91.0 Å². The van der Waals surface area contributed by atoms with Crippen LogP contribution in [0.4, 0.5) is 4.79 Å². The minimum Gasteiger partial charge on any atom is -0.388 e. The van der Waals surface area contributed by atoms with E-state index in [9.17, 15) is 9.90 Å². The number of nitrogens with one attached hydrogen (secondary N) is 1. The largest absolute Gasteiger partial charge is 0.388 e. The fourth-order valence-electron chi connectivity index (χ4n) is 4.10. The fourth-order valence-corrected chi connectivity index (χ4v) is 4.10. The highest BCUT2D eigenvalue weighted by atomic mass is 16.3. The summed E-state index contributed by atoms with van der Waals surface area (Å²) in [5.41, 5.74) is 10.3. The first kappa shape index (κ1) is 21.0. The summed E-state index contributed by atoms with van der Waals surface area (Å²) in [6, 6.07) is 19.6. The van der Waals surface area contributed by atoms with E-state index in [0.717, 1.165) is 36.1 Å². The lowest BCUT2D eigenvalue weighted by molar-refractivity contribution is 0.0638. The molecule has 6 heteroatoms. The summed E-state index contributed by atoms with van der Waals surface area (Å²) in [4.78, 5) is 13.5. The van der Waals surface area contributed by atoms with Crippen molar-refractivity contribution in [3.63, 3.8) is 0 Å². The number of likely N-dealkylation sites (tertiary alicyclic amines) is 1. The van der Waals surface area contributed by atoms with Crippen molar-refractivity contribution in [3.05, 3.63) is 71.8 Å². The first-order valence-corrected chi connectivity index (χ1v) is 10.2. The van der Waals surface area contributed by atoms with Crippen LogP contribution in [0, 0.1) is 0 Å². The number of urea groups is 1. The van der Waals surface area contributed by atoms with Crippen LogP contribution >= 0.6 is 0 Å². The maximum absolute atomic E-state index is 11.2. The van der Waals surface area contributed by atoms with Crippen LogP contribution in [0.3, 0.4) is 0 Å². The van der Waals surface area contributed by atoms with Crippen LogP contribution in [-0.4, -0.2) is 40.9 Å². The number of amides is 2. The van der Waals surface area contributed by atoms with E-state index < -0.39 is 12.1 Å². The number of nitrogens with zero attached hydrogens (tertiary/aromatic N) is 2. The van der Waals surface area contributed by atoms with Crippen molar-refractivity contribution in [3.8, 4) is 0 Å². The van der Waals surface area contributed by atoms with Gasteiger partial charge in [-0.05, 0) is 37.4 Å². The normalized spacial score (nSPS) is 21.5. The number of hydrogen-bond donors (Lipinski definition) is 3. The monoisotopic (exact) mass is 394 g/mol. The number of primary amides is 1. The standard InChI is InChI=1S/C23H30N4O2/c1-27-19(15-21(25-26-23(24)29)17-9-4-2-5-10-17)13-8-14-20(27)16-22(28)18-11-6-3-7-12-18/h2-7,9-12,19-20,22,28H,8,13-16H2,1H3,(H3,24,26,29)/b25-21-. The number of carbonyl (C=O) groups excluding carboxylic acids is 1. The molecule has 6 nitrogen and oxygen atoms in total. The van der Waals surface area contributed by atoms with E-state index in [4.69, 9.17) is 5.73 Å². The lowest BCUT2D eigenvalue weighted by atomic mass is 9.88. The first-order chi connectivity index (χ1) is 14.0. The summed E-state index contributed by atoms with van der Waals surface area (Å²) in [7, 11) is 2.12. The zero-order valence-electron chi connectivity index (χ0n) is 16.9. The number of aliphatic hydroxyl groups is 1. The summed E-state index contributed by atoms with van der Waals surface area (Å²) >= 11 is 0. The summed E-state index contributed by atoms with van der Waals surface area (Å²) in [6.07, 6.45) is 4.16. The van der Waals surface area contributed by atoms with Crippen LogP contribution in [0.5, 0.6) is 0 Å². The van der Waals surface area contributed by atoms with Crippen LogP contribution in [0.1, 0.15) is 49.3 Å². The molecule has 1 saturated heterocycles. The van der Waals surface area contributed by atoms with Crippen molar-refractivity contribution in [2.45, 2.75) is 50.3 Å². The van der Waals surface area contributed by atoms with E-state index in [1.165, 1.54) is 0 Å². The van der Waals surface area contributed by atoms with E-state index >= 15 is 0 Å². The van der Waals surface area contributed by atoms with Gasteiger partial charge < -0.3 is 10.8 Å². The third kappa shape index (κ3) is 5.89. The minimum absolute atomic E-state index is 0.283. The molecule has 1 aliphatic heterocycles. The molecule has 3 atom stereocenters. The lowest BCUT2D eigenvalue weighted by Gasteiger charge is -2.40. The fraction of sp³-hybridized carbons (Fsp3) is 0.391. The van der Waals surface area contributed by atoms with Gasteiger partial charge in [0.05, 0.1) is 11.8 Å². The minimum atomic E-state index is -0.667. The maximum Gasteiger partial charge on any atom is 0.332 e. The van der Waals surface area contributed by atoms with E-state index in [1.807, 2.05) is 60.7 Å². The average molecular weight is 395 g/mol. The molecule has 0 saturated carbocycles. The van der Waals surface area contributed by atoms with Gasteiger partial charge in [0, 0.05) is 18.5 Å². The van der Waals surface area contributed by atoms with Crippen molar-refractivity contribution in [2.24, 2.45) is 10.8 Å². The molecule has 1 heterocycles. The summed E-state index contributed by atoms with van der Waals surface area (Å²) < 4.78 is 0. The highest BCUT2D eigenvalue weighted by molar-refractivity contribution is 6.01. The molecule has 2 amide bonds. The van der Waals surface area contributed by atoms with Crippen LogP contribution < -0.4 is 11.2 Å². The third-order valence-corrected chi connectivity index (χ3v) is 5.74. The summed E-state index contributed by atoms with van der Waals surface area (Å²) in [5.74, 6) is 0. The van der Waals surface area contributed by atoms with Crippen LogP contribution in [0.15, 0.2) is 65.8 Å². The number of carbonyl (C=O) groups is 1. The van der Waals surface area contributed by atoms with Gasteiger partial charge in [0.15, 0.2) is 0 Å². The Balaban J connectivity index is 1.70. The second-order valence-electron chi connectivity index (χ2n) is 7.67. The van der Waals surface area contributed by atoms with Gasteiger partial charge in [0.2, 0.25) is 0 Å². The molecule has 3 unspecified atom stereocenters. The predicted molar refractivity (Wildman–Crippen MR) is 116 cm³/mol. The zero-order chi connectivity index (χ0) is 20.6. The number of benzene rings is 2. The van der Waals surface area contributed by atoms with Gasteiger partial charge in [-0.1, -0.05) is 67.1 Å². The van der Waals surface area contributed by atoms with E-state index in [-0.39, 0.29) is 6.04 Å². The Morgan fingerprint density at radius 2 is 1.76 bits per heavy atom. The Bertz CT molecular complexity index is 810. The molecule has 1 fully saturated rings. The van der Waals surface area contributed by atoms with Crippen LogP contribution in [-0.2, 0) is 0 Å². The molecular formula is C23H30N4O2. The van der Waals surface area contributed by atoms with E-state index in [0.29, 0.717) is 18.9 Å². The molecule has 1 aliphatic rings. The van der Waals surface area contributed by atoms with Crippen molar-refractivity contribution in [2.75, 3.05) is 7.05 Å². The van der Waals surface area contributed by atoms with Gasteiger partial charge in [-0.15, -0.1) is 0 Å². The predicted octanol–water partition coefficient (Wildman–Crippen LogP) is 3.43. The van der Waals surface area contributed by atoms with Crippen molar-refractivity contribution in [1.29, 1.82) is 0 Å². The Labute approximate surface area is 172 Å². The molecular weight excluding hydrogens is 364 g/mol. The quantitative estimate of drug-likeness (QED) is 0.496. The summed E-state index contributed by atoms with van der Waals surface area (Å²) in [6.45, 7) is 0. The average Bonchev–Trinajstić information content (AvgIpc) is 2.74. The van der Waals surface area contributed by atoms with Crippen molar-refractivity contribution in [1.82, 2.24) is 10.3 Å². The zero-order valence-corrected chi connectivity index (χ0v) is 16.9. The molecule has 3 rings (SSSR count). The van der Waals surface area contributed by atoms with Gasteiger partial charge in [-0.25, -0.2) is 10.2 Å².